The topological polar surface area (TPSA) is 25.2 Å². The zero-order chi connectivity index (χ0) is 13.4. The van der Waals surface area contributed by atoms with E-state index in [4.69, 9.17) is 0 Å². The fourth-order valence-corrected chi connectivity index (χ4v) is 4.27. The summed E-state index contributed by atoms with van der Waals surface area (Å²) < 4.78 is 0. The number of hydrogen-bond acceptors (Lipinski definition) is 2. The monoisotopic (exact) mass is 264 g/mol. The third kappa shape index (κ3) is 1.94. The number of pyridine rings is 1. The number of hydrogen-bond donors (Lipinski definition) is 0. The normalized spacial score (nSPS) is 31.9. The first kappa shape index (κ1) is 12.1. The van der Waals surface area contributed by atoms with Crippen molar-refractivity contribution in [3.8, 4) is 0 Å². The van der Waals surface area contributed by atoms with Gasteiger partial charge in [-0.05, 0) is 67.2 Å². The molecule has 1 saturated carbocycles. The predicted octanol–water partition coefficient (Wildman–Crippen LogP) is 4.27. The molecular weight excluding hydrogens is 244 g/mol. The Hall–Kier alpha value is -1.70. The second-order valence-corrected chi connectivity index (χ2v) is 6.18. The highest BCUT2D eigenvalue weighted by Gasteiger charge is 2.38. The fourth-order valence-electron chi connectivity index (χ4n) is 4.27. The molecule has 1 aliphatic heterocycles. The van der Waals surface area contributed by atoms with Crippen LogP contribution in [-0.4, -0.2) is 11.2 Å². The lowest BCUT2D eigenvalue weighted by Crippen LogP contribution is -2.18. The van der Waals surface area contributed by atoms with Gasteiger partial charge in [0.15, 0.2) is 0 Å². The van der Waals surface area contributed by atoms with Gasteiger partial charge in [-0.25, -0.2) is 0 Å². The molecule has 4 rings (SSSR count). The molecule has 2 heteroatoms. The Morgan fingerprint density at radius 1 is 1.05 bits per heavy atom. The van der Waals surface area contributed by atoms with Gasteiger partial charge in [0.25, 0.3) is 0 Å². The van der Waals surface area contributed by atoms with Crippen LogP contribution in [0.25, 0.3) is 0 Å². The van der Waals surface area contributed by atoms with Crippen molar-refractivity contribution >= 4 is 6.21 Å². The van der Waals surface area contributed by atoms with Crippen molar-refractivity contribution in [3.63, 3.8) is 0 Å². The summed E-state index contributed by atoms with van der Waals surface area (Å²) in [5.74, 6) is 2.09. The SMILES string of the molecule is C1=CC2=C3C(CCC2CC=N1)CCC3c1cccnc1. The number of rotatable bonds is 1. The number of nitrogens with zero attached hydrogens (tertiary/aromatic N) is 2. The van der Waals surface area contributed by atoms with Crippen LogP contribution in [0.15, 0.2) is 52.9 Å². The molecule has 0 bridgehead atoms. The van der Waals surface area contributed by atoms with Crippen LogP contribution in [0.1, 0.15) is 43.6 Å². The van der Waals surface area contributed by atoms with Gasteiger partial charge in [0.2, 0.25) is 0 Å². The first-order valence-electron chi connectivity index (χ1n) is 7.75. The molecular formula is C18H20N2. The van der Waals surface area contributed by atoms with Gasteiger partial charge in [0, 0.05) is 30.7 Å². The van der Waals surface area contributed by atoms with E-state index >= 15 is 0 Å². The van der Waals surface area contributed by atoms with E-state index in [2.05, 4.69) is 40.6 Å². The van der Waals surface area contributed by atoms with Gasteiger partial charge in [0.05, 0.1) is 0 Å². The average molecular weight is 264 g/mol. The van der Waals surface area contributed by atoms with Gasteiger partial charge in [-0.1, -0.05) is 11.6 Å². The van der Waals surface area contributed by atoms with Crippen molar-refractivity contribution in [2.75, 3.05) is 0 Å². The van der Waals surface area contributed by atoms with E-state index in [0.29, 0.717) is 11.8 Å². The lowest BCUT2D eigenvalue weighted by atomic mass is 9.74. The van der Waals surface area contributed by atoms with E-state index in [-0.39, 0.29) is 0 Å². The number of allylic oxidation sites excluding steroid dienone is 3. The summed E-state index contributed by atoms with van der Waals surface area (Å²) in [4.78, 5) is 8.68. The third-order valence-electron chi connectivity index (χ3n) is 5.18. The molecule has 1 aromatic heterocycles. The minimum Gasteiger partial charge on any atom is -0.269 e. The maximum atomic E-state index is 4.35. The molecule has 2 heterocycles. The van der Waals surface area contributed by atoms with E-state index in [9.17, 15) is 0 Å². The Morgan fingerprint density at radius 2 is 1.95 bits per heavy atom. The smallest absolute Gasteiger partial charge is 0.0305 e. The maximum absolute atomic E-state index is 4.35. The molecule has 2 aliphatic carbocycles. The number of fused-ring (bicyclic) bond motifs is 2. The van der Waals surface area contributed by atoms with Crippen LogP contribution >= 0.6 is 0 Å². The Bertz CT molecular complexity index is 583. The molecule has 20 heavy (non-hydrogen) atoms. The van der Waals surface area contributed by atoms with Crippen LogP contribution in [0.5, 0.6) is 0 Å². The van der Waals surface area contributed by atoms with E-state index in [0.717, 1.165) is 12.3 Å². The Kier molecular flexibility index (Phi) is 3.02. The van der Waals surface area contributed by atoms with Crippen LogP contribution in [0.2, 0.25) is 0 Å². The second-order valence-electron chi connectivity index (χ2n) is 6.18. The van der Waals surface area contributed by atoms with Crippen LogP contribution in [-0.2, 0) is 0 Å². The summed E-state index contributed by atoms with van der Waals surface area (Å²) in [6, 6.07) is 4.31. The van der Waals surface area contributed by atoms with Crippen molar-refractivity contribution in [1.29, 1.82) is 0 Å². The quantitative estimate of drug-likeness (QED) is 0.743. The highest BCUT2D eigenvalue weighted by molar-refractivity contribution is 5.61. The van der Waals surface area contributed by atoms with Crippen molar-refractivity contribution in [2.45, 2.75) is 38.0 Å². The highest BCUT2D eigenvalue weighted by Crippen LogP contribution is 2.52. The molecule has 102 valence electrons. The van der Waals surface area contributed by atoms with Crippen molar-refractivity contribution < 1.29 is 0 Å². The number of aliphatic imine (C=N–C) groups is 1. The molecule has 0 saturated heterocycles. The zero-order valence-electron chi connectivity index (χ0n) is 11.7. The molecule has 1 fully saturated rings. The molecule has 3 unspecified atom stereocenters. The predicted molar refractivity (Wildman–Crippen MR) is 81.7 cm³/mol. The first-order chi connectivity index (χ1) is 9.93. The molecule has 0 aromatic carbocycles. The Balaban J connectivity index is 1.80. The minimum absolute atomic E-state index is 0.592. The third-order valence-corrected chi connectivity index (χ3v) is 5.18. The molecule has 0 N–H and O–H groups in total. The summed E-state index contributed by atoms with van der Waals surface area (Å²) in [6.45, 7) is 0. The molecule has 2 nitrogen and oxygen atoms in total. The lowest BCUT2D eigenvalue weighted by Gasteiger charge is -2.31. The second kappa shape index (κ2) is 5.01. The van der Waals surface area contributed by atoms with Gasteiger partial charge in [-0.2, -0.15) is 0 Å². The van der Waals surface area contributed by atoms with E-state index in [1.54, 1.807) is 11.1 Å². The summed E-state index contributed by atoms with van der Waals surface area (Å²) >= 11 is 0. The highest BCUT2D eigenvalue weighted by atomic mass is 14.7. The summed E-state index contributed by atoms with van der Waals surface area (Å²) in [5, 5.41) is 0. The minimum atomic E-state index is 0.592. The van der Waals surface area contributed by atoms with E-state index < -0.39 is 0 Å². The van der Waals surface area contributed by atoms with Gasteiger partial charge in [0.1, 0.15) is 0 Å². The first-order valence-corrected chi connectivity index (χ1v) is 7.75. The largest absolute Gasteiger partial charge is 0.269 e. The van der Waals surface area contributed by atoms with Crippen molar-refractivity contribution in [2.24, 2.45) is 16.8 Å². The molecule has 0 amide bonds. The summed E-state index contributed by atoms with van der Waals surface area (Å²) in [5.41, 5.74) is 4.69. The number of aromatic nitrogens is 1. The molecule has 0 spiro atoms. The molecule has 3 aliphatic rings. The fraction of sp³-hybridized carbons (Fsp3) is 0.444. The Labute approximate surface area is 120 Å². The standard InChI is InChI=1S/C18H20N2/c1-2-15(12-20-9-1)16-6-5-14-4-3-13-7-10-19-11-8-17(13)18(14)16/h1-2,8-14,16H,3-7H2. The average Bonchev–Trinajstić information content (AvgIpc) is 2.79. The zero-order valence-corrected chi connectivity index (χ0v) is 11.7. The molecule has 1 aromatic rings. The maximum Gasteiger partial charge on any atom is 0.0305 e. The van der Waals surface area contributed by atoms with Gasteiger partial charge in [-0.15, -0.1) is 0 Å². The van der Waals surface area contributed by atoms with Crippen LogP contribution < -0.4 is 0 Å². The van der Waals surface area contributed by atoms with Crippen molar-refractivity contribution in [1.82, 2.24) is 4.98 Å². The molecule has 3 atom stereocenters. The molecule has 0 radical (unpaired) electrons. The lowest BCUT2D eigenvalue weighted by molar-refractivity contribution is 0.439. The van der Waals surface area contributed by atoms with E-state index in [1.165, 1.54) is 31.2 Å². The Morgan fingerprint density at radius 3 is 2.85 bits per heavy atom. The van der Waals surface area contributed by atoms with Crippen molar-refractivity contribution in [3.05, 3.63) is 53.5 Å². The summed E-state index contributed by atoms with van der Waals surface area (Å²) in [7, 11) is 0. The van der Waals surface area contributed by atoms with Crippen LogP contribution in [0, 0.1) is 11.8 Å². The summed E-state index contributed by atoms with van der Waals surface area (Å²) in [6.07, 6.45) is 16.7. The van der Waals surface area contributed by atoms with Gasteiger partial charge in [-0.3, -0.25) is 9.98 Å². The van der Waals surface area contributed by atoms with Crippen LogP contribution in [0.3, 0.4) is 0 Å². The van der Waals surface area contributed by atoms with Crippen LogP contribution in [0.4, 0.5) is 0 Å². The van der Waals surface area contributed by atoms with Gasteiger partial charge >= 0.3 is 0 Å². The van der Waals surface area contributed by atoms with E-state index in [1.807, 2.05) is 12.4 Å². The van der Waals surface area contributed by atoms with Gasteiger partial charge < -0.3 is 0 Å².